The largest absolute Gasteiger partial charge is 0.472 e. The number of hydrogen-bond donors (Lipinski definition) is 1. The second-order valence-electron chi connectivity index (χ2n) is 2.49. The summed E-state index contributed by atoms with van der Waals surface area (Å²) >= 11 is 1.85. The van der Waals surface area contributed by atoms with Crippen LogP contribution in [0.25, 0.3) is 0 Å². The summed E-state index contributed by atoms with van der Waals surface area (Å²) < 4.78 is 4.94. The Kier molecular flexibility index (Phi) is 3.52. The lowest BCUT2D eigenvalue weighted by molar-refractivity contribution is 0.565. The number of hydrogen-bond acceptors (Lipinski definition) is 3. The summed E-state index contributed by atoms with van der Waals surface area (Å²) in [5.41, 5.74) is 6.70. The molecule has 1 rings (SSSR count). The average molecular weight is 171 g/mol. The molecule has 0 aromatic carbocycles. The first-order valence-electron chi connectivity index (χ1n) is 3.65. The third-order valence-electron chi connectivity index (χ3n) is 1.45. The molecular formula is C8H13NOS. The van der Waals surface area contributed by atoms with Crippen LogP contribution in [0.3, 0.4) is 0 Å². The van der Waals surface area contributed by atoms with Gasteiger partial charge in [0.25, 0.3) is 0 Å². The molecule has 1 atom stereocenters. The van der Waals surface area contributed by atoms with Crippen LogP contribution in [0, 0.1) is 0 Å². The van der Waals surface area contributed by atoms with Crippen molar-refractivity contribution >= 4 is 11.8 Å². The Bertz CT molecular complexity index is 186. The van der Waals surface area contributed by atoms with Crippen molar-refractivity contribution in [2.24, 2.45) is 5.73 Å². The minimum atomic E-state index is 0.532. The van der Waals surface area contributed by atoms with Crippen LogP contribution in [0.2, 0.25) is 0 Å². The monoisotopic (exact) mass is 171 g/mol. The van der Waals surface area contributed by atoms with E-state index in [2.05, 4.69) is 6.92 Å². The van der Waals surface area contributed by atoms with Gasteiger partial charge in [0.05, 0.1) is 12.5 Å². The normalized spacial score (nSPS) is 13.3. The molecule has 3 heteroatoms. The third kappa shape index (κ3) is 2.99. The Balaban J connectivity index is 2.23. The van der Waals surface area contributed by atoms with E-state index in [1.807, 2.05) is 17.8 Å². The van der Waals surface area contributed by atoms with E-state index >= 15 is 0 Å². The minimum absolute atomic E-state index is 0.532. The Labute approximate surface area is 71.1 Å². The fraction of sp³-hybridized carbons (Fsp3) is 0.500. The van der Waals surface area contributed by atoms with Crippen LogP contribution in [0.4, 0.5) is 0 Å². The molecule has 1 aromatic heterocycles. The molecule has 11 heavy (non-hydrogen) atoms. The van der Waals surface area contributed by atoms with Gasteiger partial charge < -0.3 is 10.2 Å². The predicted octanol–water partition coefficient (Wildman–Crippen LogP) is 1.86. The zero-order valence-electron chi connectivity index (χ0n) is 6.62. The quantitative estimate of drug-likeness (QED) is 0.751. The summed E-state index contributed by atoms with van der Waals surface area (Å²) in [5.74, 6) is 0.995. The zero-order chi connectivity index (χ0) is 8.10. The highest BCUT2D eigenvalue weighted by atomic mass is 32.2. The van der Waals surface area contributed by atoms with Crippen molar-refractivity contribution in [3.63, 3.8) is 0 Å². The average Bonchev–Trinajstić information content (AvgIpc) is 2.52. The van der Waals surface area contributed by atoms with Crippen LogP contribution in [0.15, 0.2) is 23.0 Å². The second kappa shape index (κ2) is 4.46. The van der Waals surface area contributed by atoms with E-state index in [9.17, 15) is 0 Å². The molecule has 0 radical (unpaired) electrons. The van der Waals surface area contributed by atoms with Crippen LogP contribution < -0.4 is 5.73 Å². The van der Waals surface area contributed by atoms with Gasteiger partial charge in [0, 0.05) is 23.1 Å². The van der Waals surface area contributed by atoms with Crippen molar-refractivity contribution in [3.8, 4) is 0 Å². The molecule has 0 aliphatic rings. The maximum Gasteiger partial charge on any atom is 0.0942 e. The standard InChI is InChI=1S/C8H13NOS/c1-7(4-9)11-6-8-2-3-10-5-8/h2-3,5,7H,4,6,9H2,1H3. The van der Waals surface area contributed by atoms with Crippen molar-refractivity contribution in [2.75, 3.05) is 6.54 Å². The summed E-state index contributed by atoms with van der Waals surface area (Å²) in [5, 5.41) is 0.532. The van der Waals surface area contributed by atoms with Gasteiger partial charge in [0.1, 0.15) is 0 Å². The van der Waals surface area contributed by atoms with Crippen molar-refractivity contribution in [1.29, 1.82) is 0 Å². The van der Waals surface area contributed by atoms with Crippen molar-refractivity contribution in [1.82, 2.24) is 0 Å². The second-order valence-corrected chi connectivity index (χ2v) is 3.92. The van der Waals surface area contributed by atoms with Crippen molar-refractivity contribution in [2.45, 2.75) is 17.9 Å². The number of rotatable bonds is 4. The molecule has 62 valence electrons. The van der Waals surface area contributed by atoms with Gasteiger partial charge in [-0.05, 0) is 6.07 Å². The zero-order valence-corrected chi connectivity index (χ0v) is 7.43. The summed E-state index contributed by atoms with van der Waals surface area (Å²) in [6, 6.07) is 1.98. The lowest BCUT2D eigenvalue weighted by Gasteiger charge is -2.05. The Morgan fingerprint density at radius 3 is 3.09 bits per heavy atom. The van der Waals surface area contributed by atoms with Gasteiger partial charge in [0.15, 0.2) is 0 Å². The van der Waals surface area contributed by atoms with Crippen LogP contribution in [-0.2, 0) is 5.75 Å². The fourth-order valence-electron chi connectivity index (χ4n) is 0.681. The maximum atomic E-state index is 5.47. The Hall–Kier alpha value is -0.410. The fourth-order valence-corrected chi connectivity index (χ4v) is 1.46. The van der Waals surface area contributed by atoms with Gasteiger partial charge in [-0.25, -0.2) is 0 Å². The van der Waals surface area contributed by atoms with E-state index in [4.69, 9.17) is 10.2 Å². The Morgan fingerprint density at radius 2 is 2.55 bits per heavy atom. The van der Waals surface area contributed by atoms with E-state index in [0.717, 1.165) is 12.3 Å². The van der Waals surface area contributed by atoms with Gasteiger partial charge in [-0.1, -0.05) is 6.92 Å². The van der Waals surface area contributed by atoms with Crippen LogP contribution >= 0.6 is 11.8 Å². The molecule has 1 unspecified atom stereocenters. The van der Waals surface area contributed by atoms with Gasteiger partial charge in [-0.3, -0.25) is 0 Å². The molecule has 0 aliphatic heterocycles. The van der Waals surface area contributed by atoms with E-state index in [0.29, 0.717) is 5.25 Å². The molecule has 0 spiro atoms. The van der Waals surface area contributed by atoms with E-state index in [-0.39, 0.29) is 0 Å². The van der Waals surface area contributed by atoms with E-state index in [1.54, 1.807) is 12.5 Å². The molecule has 0 aliphatic carbocycles. The number of furan rings is 1. The van der Waals surface area contributed by atoms with Gasteiger partial charge in [-0.15, -0.1) is 0 Å². The topological polar surface area (TPSA) is 39.2 Å². The SMILES string of the molecule is CC(CN)SCc1ccoc1. The van der Waals surface area contributed by atoms with Crippen LogP contribution in [0.1, 0.15) is 12.5 Å². The Morgan fingerprint density at radius 1 is 1.73 bits per heavy atom. The van der Waals surface area contributed by atoms with Crippen molar-refractivity contribution < 1.29 is 4.42 Å². The summed E-state index contributed by atoms with van der Waals surface area (Å²) in [6.07, 6.45) is 3.47. The van der Waals surface area contributed by atoms with Crippen LogP contribution in [0.5, 0.6) is 0 Å². The minimum Gasteiger partial charge on any atom is -0.472 e. The number of nitrogens with two attached hydrogens (primary N) is 1. The summed E-state index contributed by atoms with van der Waals surface area (Å²) in [6.45, 7) is 2.87. The van der Waals surface area contributed by atoms with Gasteiger partial charge in [0.2, 0.25) is 0 Å². The first-order valence-corrected chi connectivity index (χ1v) is 4.70. The van der Waals surface area contributed by atoms with E-state index in [1.165, 1.54) is 5.56 Å². The highest BCUT2D eigenvalue weighted by Crippen LogP contribution is 2.16. The molecule has 1 aromatic rings. The molecule has 0 fully saturated rings. The molecule has 2 N–H and O–H groups in total. The predicted molar refractivity (Wildman–Crippen MR) is 48.5 cm³/mol. The lowest BCUT2D eigenvalue weighted by atomic mass is 10.4. The molecular weight excluding hydrogens is 158 g/mol. The highest BCUT2D eigenvalue weighted by Gasteiger charge is 2.00. The highest BCUT2D eigenvalue weighted by molar-refractivity contribution is 7.99. The third-order valence-corrected chi connectivity index (χ3v) is 2.71. The van der Waals surface area contributed by atoms with Crippen LogP contribution in [-0.4, -0.2) is 11.8 Å². The molecule has 0 amide bonds. The maximum absolute atomic E-state index is 5.47. The number of thioether (sulfide) groups is 1. The summed E-state index contributed by atoms with van der Waals surface area (Å²) in [4.78, 5) is 0. The lowest BCUT2D eigenvalue weighted by Crippen LogP contribution is -2.12. The summed E-state index contributed by atoms with van der Waals surface area (Å²) in [7, 11) is 0. The molecule has 2 nitrogen and oxygen atoms in total. The molecule has 0 saturated heterocycles. The first kappa shape index (κ1) is 8.68. The van der Waals surface area contributed by atoms with Gasteiger partial charge in [-0.2, -0.15) is 11.8 Å². The van der Waals surface area contributed by atoms with Gasteiger partial charge >= 0.3 is 0 Å². The van der Waals surface area contributed by atoms with E-state index < -0.39 is 0 Å². The molecule has 0 saturated carbocycles. The van der Waals surface area contributed by atoms with Crippen molar-refractivity contribution in [3.05, 3.63) is 24.2 Å². The molecule has 1 heterocycles. The first-order chi connectivity index (χ1) is 5.33. The molecule has 0 bridgehead atoms. The smallest absolute Gasteiger partial charge is 0.0942 e.